The van der Waals surface area contributed by atoms with Gasteiger partial charge < -0.3 is 15.7 Å². The predicted molar refractivity (Wildman–Crippen MR) is 96.9 cm³/mol. The van der Waals surface area contributed by atoms with Crippen molar-refractivity contribution < 1.29 is 14.7 Å². The molecule has 0 saturated heterocycles. The van der Waals surface area contributed by atoms with Gasteiger partial charge in [-0.05, 0) is 51.1 Å². The SMILES string of the molecule is CC(C)(C)NC(=O)c1cc(NC(=O)Cc2cc(Cl)ccc2O)ccn1. The van der Waals surface area contributed by atoms with E-state index in [2.05, 4.69) is 15.6 Å². The third kappa shape index (κ3) is 5.76. The zero-order chi connectivity index (χ0) is 18.6. The highest BCUT2D eigenvalue weighted by Gasteiger charge is 2.17. The van der Waals surface area contributed by atoms with Gasteiger partial charge in [0.25, 0.3) is 5.91 Å². The molecule has 1 heterocycles. The number of anilines is 1. The molecule has 0 fully saturated rings. The van der Waals surface area contributed by atoms with Gasteiger partial charge in [-0.15, -0.1) is 0 Å². The van der Waals surface area contributed by atoms with Gasteiger partial charge >= 0.3 is 0 Å². The largest absolute Gasteiger partial charge is 0.508 e. The Bertz CT molecular complexity index is 800. The summed E-state index contributed by atoms with van der Waals surface area (Å²) in [5.74, 6) is -0.665. The molecule has 0 unspecified atom stereocenters. The predicted octanol–water partition coefficient (Wildman–Crippen LogP) is 3.15. The van der Waals surface area contributed by atoms with Crippen LogP contribution < -0.4 is 10.6 Å². The fraction of sp³-hybridized carbons (Fsp3) is 0.278. The van der Waals surface area contributed by atoms with E-state index in [0.29, 0.717) is 16.3 Å². The van der Waals surface area contributed by atoms with Crippen molar-refractivity contribution in [3.8, 4) is 5.75 Å². The highest BCUT2D eigenvalue weighted by Crippen LogP contribution is 2.22. The molecule has 1 aromatic heterocycles. The van der Waals surface area contributed by atoms with E-state index in [1.54, 1.807) is 12.1 Å². The van der Waals surface area contributed by atoms with Crippen LogP contribution in [0.15, 0.2) is 36.5 Å². The van der Waals surface area contributed by atoms with Crippen molar-refractivity contribution in [2.75, 3.05) is 5.32 Å². The Morgan fingerprint density at radius 2 is 1.92 bits per heavy atom. The topological polar surface area (TPSA) is 91.3 Å². The number of benzene rings is 1. The molecule has 0 bridgehead atoms. The molecule has 7 heteroatoms. The summed E-state index contributed by atoms with van der Waals surface area (Å²) in [6.07, 6.45) is 1.41. The summed E-state index contributed by atoms with van der Waals surface area (Å²) in [5.41, 5.74) is 0.686. The van der Waals surface area contributed by atoms with Gasteiger partial charge in [0.2, 0.25) is 5.91 Å². The lowest BCUT2D eigenvalue weighted by Gasteiger charge is -2.20. The number of nitrogens with one attached hydrogen (secondary N) is 2. The van der Waals surface area contributed by atoms with E-state index in [9.17, 15) is 14.7 Å². The molecular formula is C18H20ClN3O3. The summed E-state index contributed by atoms with van der Waals surface area (Å²) in [5, 5.41) is 15.7. The van der Waals surface area contributed by atoms with Gasteiger partial charge in [-0.1, -0.05) is 11.6 Å². The lowest BCUT2D eigenvalue weighted by molar-refractivity contribution is -0.115. The molecule has 2 rings (SSSR count). The fourth-order valence-corrected chi connectivity index (χ4v) is 2.31. The van der Waals surface area contributed by atoms with Crippen LogP contribution >= 0.6 is 11.6 Å². The third-order valence-electron chi connectivity index (χ3n) is 3.16. The van der Waals surface area contributed by atoms with E-state index in [-0.39, 0.29) is 35.2 Å². The molecule has 2 amide bonds. The number of nitrogens with zero attached hydrogens (tertiary/aromatic N) is 1. The molecule has 6 nitrogen and oxygen atoms in total. The van der Waals surface area contributed by atoms with E-state index < -0.39 is 0 Å². The van der Waals surface area contributed by atoms with Gasteiger partial charge in [0.05, 0.1) is 6.42 Å². The number of phenolic OH excluding ortho intramolecular Hbond substituents is 1. The molecule has 0 spiro atoms. The molecule has 25 heavy (non-hydrogen) atoms. The van der Waals surface area contributed by atoms with Crippen LogP contribution in [-0.4, -0.2) is 27.4 Å². The number of hydrogen-bond donors (Lipinski definition) is 3. The Morgan fingerprint density at radius 1 is 1.20 bits per heavy atom. The Kier molecular flexibility index (Phi) is 5.64. The van der Waals surface area contributed by atoms with Gasteiger partial charge in [-0.25, -0.2) is 0 Å². The minimum absolute atomic E-state index is 0.000442. The molecule has 132 valence electrons. The maximum atomic E-state index is 12.2. The number of carbonyl (C=O) groups is 2. The molecule has 0 radical (unpaired) electrons. The lowest BCUT2D eigenvalue weighted by Crippen LogP contribution is -2.40. The highest BCUT2D eigenvalue weighted by molar-refractivity contribution is 6.30. The van der Waals surface area contributed by atoms with Crippen LogP contribution in [0.3, 0.4) is 0 Å². The van der Waals surface area contributed by atoms with Crippen molar-refractivity contribution in [1.82, 2.24) is 10.3 Å². The van der Waals surface area contributed by atoms with Gasteiger partial charge in [0.15, 0.2) is 0 Å². The molecule has 0 atom stereocenters. The molecular weight excluding hydrogens is 342 g/mol. The number of rotatable bonds is 4. The molecule has 0 aliphatic rings. The average Bonchev–Trinajstić information content (AvgIpc) is 2.49. The minimum atomic E-state index is -0.387. The van der Waals surface area contributed by atoms with Gasteiger partial charge in [0.1, 0.15) is 11.4 Å². The van der Waals surface area contributed by atoms with E-state index in [1.165, 1.54) is 24.4 Å². The summed E-state index contributed by atoms with van der Waals surface area (Å²) in [6, 6.07) is 7.60. The zero-order valence-corrected chi connectivity index (χ0v) is 15.0. The molecule has 2 aromatic rings. The maximum absolute atomic E-state index is 12.2. The zero-order valence-electron chi connectivity index (χ0n) is 14.3. The fourth-order valence-electron chi connectivity index (χ4n) is 2.11. The molecule has 1 aromatic carbocycles. The second-order valence-electron chi connectivity index (χ2n) is 6.63. The first kappa shape index (κ1) is 18.7. The summed E-state index contributed by atoms with van der Waals surface area (Å²) in [6.45, 7) is 5.61. The molecule has 0 aliphatic heterocycles. The van der Waals surface area contributed by atoms with E-state index in [1.807, 2.05) is 20.8 Å². The minimum Gasteiger partial charge on any atom is -0.508 e. The number of aromatic nitrogens is 1. The van der Waals surface area contributed by atoms with Gasteiger partial charge in [-0.2, -0.15) is 0 Å². The lowest BCUT2D eigenvalue weighted by atomic mass is 10.1. The number of amides is 2. The Balaban J connectivity index is 2.07. The average molecular weight is 362 g/mol. The summed E-state index contributed by atoms with van der Waals surface area (Å²) >= 11 is 5.87. The smallest absolute Gasteiger partial charge is 0.270 e. The highest BCUT2D eigenvalue weighted by atomic mass is 35.5. The maximum Gasteiger partial charge on any atom is 0.270 e. The summed E-state index contributed by atoms with van der Waals surface area (Å²) in [4.78, 5) is 28.3. The first-order valence-electron chi connectivity index (χ1n) is 7.70. The monoisotopic (exact) mass is 361 g/mol. The Labute approximate surface area is 151 Å². The Morgan fingerprint density at radius 3 is 2.60 bits per heavy atom. The molecule has 0 saturated carbocycles. The third-order valence-corrected chi connectivity index (χ3v) is 3.39. The number of aromatic hydroxyl groups is 1. The van der Waals surface area contributed by atoms with Crippen molar-refractivity contribution in [3.05, 3.63) is 52.8 Å². The number of phenols is 1. The second-order valence-corrected chi connectivity index (χ2v) is 7.07. The molecule has 0 aliphatic carbocycles. The van der Waals surface area contributed by atoms with Gasteiger partial charge in [0, 0.05) is 28.0 Å². The van der Waals surface area contributed by atoms with Crippen molar-refractivity contribution in [2.45, 2.75) is 32.7 Å². The van der Waals surface area contributed by atoms with Crippen LogP contribution in [0, 0.1) is 0 Å². The van der Waals surface area contributed by atoms with E-state index in [0.717, 1.165) is 0 Å². The van der Waals surface area contributed by atoms with Crippen molar-refractivity contribution in [1.29, 1.82) is 0 Å². The van der Waals surface area contributed by atoms with Crippen LogP contribution in [-0.2, 0) is 11.2 Å². The van der Waals surface area contributed by atoms with Crippen molar-refractivity contribution in [3.63, 3.8) is 0 Å². The number of pyridine rings is 1. The summed E-state index contributed by atoms with van der Waals surface area (Å²) in [7, 11) is 0. The van der Waals surface area contributed by atoms with Gasteiger partial charge in [-0.3, -0.25) is 14.6 Å². The quantitative estimate of drug-likeness (QED) is 0.780. The first-order chi connectivity index (χ1) is 11.6. The van der Waals surface area contributed by atoms with E-state index >= 15 is 0 Å². The normalized spacial score (nSPS) is 11.0. The standard InChI is InChI=1S/C18H20ClN3O3/c1-18(2,3)22-17(25)14-10-13(6-7-20-14)21-16(24)9-11-8-12(19)4-5-15(11)23/h4-8,10,23H,9H2,1-3H3,(H,22,25)(H,20,21,24). The Hall–Kier alpha value is -2.60. The number of carbonyl (C=O) groups excluding carboxylic acids is 2. The van der Waals surface area contributed by atoms with E-state index in [4.69, 9.17) is 11.6 Å². The van der Waals surface area contributed by atoms with Crippen molar-refractivity contribution >= 4 is 29.1 Å². The molecule has 3 N–H and O–H groups in total. The van der Waals surface area contributed by atoms with Crippen LogP contribution in [0.2, 0.25) is 5.02 Å². The number of hydrogen-bond acceptors (Lipinski definition) is 4. The first-order valence-corrected chi connectivity index (χ1v) is 8.08. The van der Waals surface area contributed by atoms with Crippen LogP contribution in [0.4, 0.5) is 5.69 Å². The summed E-state index contributed by atoms with van der Waals surface area (Å²) < 4.78 is 0. The number of halogens is 1. The van der Waals surface area contributed by atoms with Crippen LogP contribution in [0.5, 0.6) is 5.75 Å². The van der Waals surface area contributed by atoms with Crippen molar-refractivity contribution in [2.24, 2.45) is 0 Å². The van der Waals surface area contributed by atoms with Crippen LogP contribution in [0.1, 0.15) is 36.8 Å². The van der Waals surface area contributed by atoms with Crippen LogP contribution in [0.25, 0.3) is 0 Å². The second kappa shape index (κ2) is 7.53.